The van der Waals surface area contributed by atoms with Gasteiger partial charge in [-0.3, -0.25) is 14.3 Å². The molecule has 0 bridgehead atoms. The van der Waals surface area contributed by atoms with Crippen molar-refractivity contribution in [2.24, 2.45) is 7.05 Å². The molecule has 2 N–H and O–H groups in total. The van der Waals surface area contributed by atoms with Crippen LogP contribution >= 0.6 is 23.4 Å². The summed E-state index contributed by atoms with van der Waals surface area (Å²) in [5, 5.41) is 10.8. The van der Waals surface area contributed by atoms with Gasteiger partial charge in [-0.15, -0.1) is 0 Å². The molecule has 0 amide bonds. The molecule has 132 valence electrons. The van der Waals surface area contributed by atoms with E-state index in [1.54, 1.807) is 30.7 Å². The van der Waals surface area contributed by atoms with E-state index >= 15 is 0 Å². The Morgan fingerprint density at radius 1 is 1.32 bits per heavy atom. The van der Waals surface area contributed by atoms with E-state index in [0.29, 0.717) is 33.6 Å². The van der Waals surface area contributed by atoms with Crippen LogP contribution in [-0.4, -0.2) is 36.1 Å². The molecule has 0 aliphatic heterocycles. The lowest BCUT2D eigenvalue weighted by atomic mass is 10.2. The summed E-state index contributed by atoms with van der Waals surface area (Å²) in [6.07, 6.45) is -0.518. The number of aliphatic hydroxyl groups is 1. The molecule has 25 heavy (non-hydrogen) atoms. The number of halogens is 1. The summed E-state index contributed by atoms with van der Waals surface area (Å²) in [4.78, 5) is 30.9. The van der Waals surface area contributed by atoms with Crippen molar-refractivity contribution in [3.63, 3.8) is 0 Å². The topological polar surface area (TPSA) is 92.9 Å². The molecule has 2 heterocycles. The number of aryl methyl sites for hydroxylation is 1. The Morgan fingerprint density at radius 3 is 2.64 bits per heavy atom. The fourth-order valence-electron chi connectivity index (χ4n) is 2.44. The monoisotopic (exact) mass is 380 g/mol. The first-order valence-electron chi connectivity index (χ1n) is 7.61. The Morgan fingerprint density at radius 2 is 2.00 bits per heavy atom. The highest BCUT2D eigenvalue weighted by Gasteiger charge is 2.18. The summed E-state index contributed by atoms with van der Waals surface area (Å²) >= 11 is 7.26. The zero-order chi connectivity index (χ0) is 18.1. The minimum Gasteiger partial charge on any atom is -0.393 e. The SMILES string of the molecule is C[C@H](O)CSc1nc2c(c(=O)[nH]c(=O)n2C)n1Cc1ccc(Cl)cc1. The molecule has 1 aromatic carbocycles. The Balaban J connectivity index is 2.16. The lowest BCUT2D eigenvalue weighted by Gasteiger charge is -2.09. The number of rotatable bonds is 5. The van der Waals surface area contributed by atoms with Gasteiger partial charge in [0.25, 0.3) is 5.56 Å². The summed E-state index contributed by atoms with van der Waals surface area (Å²) in [7, 11) is 1.56. The van der Waals surface area contributed by atoms with Crippen molar-refractivity contribution in [3.05, 3.63) is 55.7 Å². The lowest BCUT2D eigenvalue weighted by Crippen LogP contribution is -2.29. The van der Waals surface area contributed by atoms with Gasteiger partial charge in [0.2, 0.25) is 0 Å². The molecule has 0 aliphatic rings. The third-order valence-electron chi connectivity index (χ3n) is 3.68. The van der Waals surface area contributed by atoms with Gasteiger partial charge in [-0.25, -0.2) is 9.78 Å². The van der Waals surface area contributed by atoms with Crippen molar-refractivity contribution in [1.82, 2.24) is 19.1 Å². The minimum absolute atomic E-state index is 0.316. The number of imidazole rings is 1. The molecule has 0 radical (unpaired) electrons. The second-order valence-electron chi connectivity index (χ2n) is 5.76. The van der Waals surface area contributed by atoms with Crippen LogP contribution in [0, 0.1) is 0 Å². The number of benzene rings is 1. The number of aromatic nitrogens is 4. The number of hydrogen-bond acceptors (Lipinski definition) is 5. The first-order valence-corrected chi connectivity index (χ1v) is 8.98. The smallest absolute Gasteiger partial charge is 0.329 e. The Bertz CT molecular complexity index is 1020. The van der Waals surface area contributed by atoms with Gasteiger partial charge in [-0.1, -0.05) is 35.5 Å². The molecule has 3 rings (SSSR count). The Kier molecular flexibility index (Phi) is 5.03. The highest BCUT2D eigenvalue weighted by molar-refractivity contribution is 7.99. The fourth-order valence-corrected chi connectivity index (χ4v) is 3.42. The number of aliphatic hydroxyl groups excluding tert-OH is 1. The van der Waals surface area contributed by atoms with E-state index in [9.17, 15) is 14.7 Å². The van der Waals surface area contributed by atoms with E-state index < -0.39 is 17.4 Å². The van der Waals surface area contributed by atoms with Crippen molar-refractivity contribution < 1.29 is 5.11 Å². The van der Waals surface area contributed by atoms with Gasteiger partial charge >= 0.3 is 5.69 Å². The number of thioether (sulfide) groups is 1. The summed E-state index contributed by atoms with van der Waals surface area (Å²) < 4.78 is 3.06. The summed E-state index contributed by atoms with van der Waals surface area (Å²) in [5.74, 6) is 0.426. The van der Waals surface area contributed by atoms with Gasteiger partial charge in [-0.2, -0.15) is 0 Å². The average Bonchev–Trinajstić information content (AvgIpc) is 2.92. The van der Waals surface area contributed by atoms with E-state index in [2.05, 4.69) is 9.97 Å². The summed E-state index contributed by atoms with van der Waals surface area (Å²) in [5.41, 5.74) is 0.584. The van der Waals surface area contributed by atoms with Crippen LogP contribution in [0.5, 0.6) is 0 Å². The van der Waals surface area contributed by atoms with Crippen LogP contribution in [0.25, 0.3) is 11.2 Å². The second-order valence-corrected chi connectivity index (χ2v) is 7.18. The molecule has 2 aromatic heterocycles. The van der Waals surface area contributed by atoms with Crippen LogP contribution < -0.4 is 11.2 Å². The molecule has 0 saturated carbocycles. The number of nitrogens with one attached hydrogen (secondary N) is 1. The van der Waals surface area contributed by atoms with Crippen LogP contribution in [0.4, 0.5) is 0 Å². The Labute approximate surface area is 152 Å². The van der Waals surface area contributed by atoms with E-state index in [1.165, 1.54) is 16.3 Å². The van der Waals surface area contributed by atoms with Crippen molar-refractivity contribution >= 4 is 34.5 Å². The normalized spacial score (nSPS) is 12.6. The molecule has 3 aromatic rings. The zero-order valence-electron chi connectivity index (χ0n) is 13.7. The fraction of sp³-hybridized carbons (Fsp3) is 0.312. The van der Waals surface area contributed by atoms with Crippen LogP contribution in [0.15, 0.2) is 39.0 Å². The van der Waals surface area contributed by atoms with E-state index in [0.717, 1.165) is 5.56 Å². The largest absolute Gasteiger partial charge is 0.393 e. The number of fused-ring (bicyclic) bond motifs is 1. The third-order valence-corrected chi connectivity index (χ3v) is 5.15. The molecule has 0 fully saturated rings. The maximum Gasteiger partial charge on any atom is 0.329 e. The molecule has 0 aliphatic carbocycles. The number of hydrogen-bond donors (Lipinski definition) is 2. The van der Waals surface area contributed by atoms with E-state index in [4.69, 9.17) is 11.6 Å². The predicted octanol–water partition coefficient (Wildman–Crippen LogP) is 1.60. The molecular formula is C16H17ClN4O3S. The zero-order valence-corrected chi connectivity index (χ0v) is 15.3. The van der Waals surface area contributed by atoms with Crippen LogP contribution in [0.3, 0.4) is 0 Å². The van der Waals surface area contributed by atoms with Crippen molar-refractivity contribution in [2.45, 2.75) is 24.7 Å². The molecule has 0 spiro atoms. The van der Waals surface area contributed by atoms with Gasteiger partial charge in [0.1, 0.15) is 0 Å². The molecule has 1 atom stereocenters. The number of nitrogens with zero attached hydrogens (tertiary/aromatic N) is 3. The van der Waals surface area contributed by atoms with E-state index in [-0.39, 0.29) is 0 Å². The molecule has 7 nitrogen and oxygen atoms in total. The minimum atomic E-state index is -0.518. The van der Waals surface area contributed by atoms with Crippen molar-refractivity contribution in [1.29, 1.82) is 0 Å². The van der Waals surface area contributed by atoms with Gasteiger partial charge < -0.3 is 9.67 Å². The standard InChI is InChI=1S/C16H17ClN4O3S/c1-9(22)8-25-16-18-13-12(14(23)19-15(24)20(13)2)21(16)7-10-3-5-11(17)6-4-10/h3-6,9,22H,7-8H2,1-2H3,(H,19,23,24)/t9-/m0/s1. The summed E-state index contributed by atoms with van der Waals surface area (Å²) in [6, 6.07) is 7.29. The highest BCUT2D eigenvalue weighted by Crippen LogP contribution is 2.23. The highest BCUT2D eigenvalue weighted by atomic mass is 35.5. The maximum absolute atomic E-state index is 12.4. The van der Waals surface area contributed by atoms with E-state index in [1.807, 2.05) is 12.1 Å². The van der Waals surface area contributed by atoms with Crippen LogP contribution in [-0.2, 0) is 13.6 Å². The maximum atomic E-state index is 12.4. The van der Waals surface area contributed by atoms with Gasteiger partial charge in [0.15, 0.2) is 16.3 Å². The molecular weight excluding hydrogens is 364 g/mol. The second kappa shape index (κ2) is 7.07. The first kappa shape index (κ1) is 17.8. The van der Waals surface area contributed by atoms with Crippen LogP contribution in [0.2, 0.25) is 5.02 Å². The van der Waals surface area contributed by atoms with Crippen LogP contribution in [0.1, 0.15) is 12.5 Å². The van der Waals surface area contributed by atoms with Gasteiger partial charge in [0.05, 0.1) is 12.6 Å². The van der Waals surface area contributed by atoms with Gasteiger partial charge in [0, 0.05) is 17.8 Å². The quantitative estimate of drug-likeness (QED) is 0.656. The molecule has 9 heteroatoms. The Hall–Kier alpha value is -2.03. The average molecular weight is 381 g/mol. The lowest BCUT2D eigenvalue weighted by molar-refractivity contribution is 0.220. The summed E-state index contributed by atoms with van der Waals surface area (Å²) in [6.45, 7) is 2.08. The number of H-pyrrole nitrogens is 1. The van der Waals surface area contributed by atoms with Gasteiger partial charge in [-0.05, 0) is 24.6 Å². The predicted molar refractivity (Wildman–Crippen MR) is 98.6 cm³/mol. The molecule has 0 saturated heterocycles. The van der Waals surface area contributed by atoms with Crippen molar-refractivity contribution in [3.8, 4) is 0 Å². The number of aromatic amines is 1. The molecule has 0 unspecified atom stereocenters. The van der Waals surface area contributed by atoms with Crippen molar-refractivity contribution in [2.75, 3.05) is 5.75 Å². The third kappa shape index (κ3) is 3.65. The first-order chi connectivity index (χ1) is 11.9.